The van der Waals surface area contributed by atoms with E-state index in [1.54, 1.807) is 18.2 Å². The highest BCUT2D eigenvalue weighted by molar-refractivity contribution is 9.10. The molecule has 1 aliphatic heterocycles. The van der Waals surface area contributed by atoms with E-state index in [1.807, 2.05) is 42.5 Å². The Balaban J connectivity index is 1.48. The van der Waals surface area contributed by atoms with Crippen molar-refractivity contribution < 1.29 is 23.9 Å². The Morgan fingerprint density at radius 2 is 1.71 bits per heavy atom. The van der Waals surface area contributed by atoms with E-state index in [0.717, 1.165) is 10.5 Å². The van der Waals surface area contributed by atoms with Gasteiger partial charge in [-0.25, -0.2) is 4.79 Å². The second-order valence-electron chi connectivity index (χ2n) is 8.19. The number of anilines is 1. The molecular weight excluding hydrogens is 524 g/mol. The maximum Gasteiger partial charge on any atom is 0.330 e. The molecule has 2 aromatic rings. The van der Waals surface area contributed by atoms with Crippen molar-refractivity contribution in [2.45, 2.75) is 25.3 Å². The van der Waals surface area contributed by atoms with Gasteiger partial charge < -0.3 is 10.1 Å². The molecule has 3 amide bonds. The van der Waals surface area contributed by atoms with Gasteiger partial charge in [-0.3, -0.25) is 19.3 Å². The van der Waals surface area contributed by atoms with E-state index in [0.29, 0.717) is 28.0 Å². The van der Waals surface area contributed by atoms with Crippen LogP contribution in [0.3, 0.4) is 0 Å². The van der Waals surface area contributed by atoms with Gasteiger partial charge in [-0.15, -0.1) is 0 Å². The van der Waals surface area contributed by atoms with Crippen LogP contribution < -0.4 is 5.32 Å². The van der Waals surface area contributed by atoms with Crippen LogP contribution in [0.15, 0.2) is 65.2 Å². The lowest BCUT2D eigenvalue weighted by atomic mass is 9.85. The molecule has 1 aliphatic carbocycles. The number of esters is 1. The molecule has 7 nitrogen and oxygen atoms in total. The lowest BCUT2D eigenvalue weighted by molar-refractivity contribution is -0.159. The van der Waals surface area contributed by atoms with E-state index in [9.17, 15) is 19.2 Å². The van der Waals surface area contributed by atoms with Crippen LogP contribution >= 0.6 is 27.5 Å². The van der Waals surface area contributed by atoms with Crippen LogP contribution in [0.1, 0.15) is 18.4 Å². The number of allylic oxidation sites excluding steroid dienone is 2. The molecule has 1 heterocycles. The van der Waals surface area contributed by atoms with Gasteiger partial charge in [0.15, 0.2) is 6.61 Å². The van der Waals surface area contributed by atoms with Crippen molar-refractivity contribution in [3.63, 3.8) is 0 Å². The molecule has 1 saturated heterocycles. The lowest BCUT2D eigenvalue weighted by Crippen LogP contribution is -2.48. The molecule has 0 saturated carbocycles. The van der Waals surface area contributed by atoms with E-state index in [4.69, 9.17) is 16.3 Å². The Morgan fingerprint density at radius 1 is 1.06 bits per heavy atom. The quantitative estimate of drug-likeness (QED) is 0.321. The molecule has 1 fully saturated rings. The fourth-order valence-corrected chi connectivity index (χ4v) is 4.68. The van der Waals surface area contributed by atoms with Crippen LogP contribution in [0.4, 0.5) is 5.69 Å². The first-order chi connectivity index (χ1) is 16.3. The first kappa shape index (κ1) is 24.2. The number of carbonyl (C=O) groups excluding carboxylic acids is 4. The average Bonchev–Trinajstić information content (AvgIpc) is 3.09. The van der Waals surface area contributed by atoms with E-state index < -0.39 is 36.4 Å². The zero-order chi connectivity index (χ0) is 24.2. The zero-order valence-electron chi connectivity index (χ0n) is 18.1. The number of carbonyl (C=O) groups is 4. The molecule has 0 spiro atoms. The minimum atomic E-state index is -1.15. The second-order valence-corrected chi connectivity index (χ2v) is 9.45. The van der Waals surface area contributed by atoms with E-state index in [1.165, 1.54) is 0 Å². The number of hydrogen-bond donors (Lipinski definition) is 1. The predicted octanol–water partition coefficient (Wildman–Crippen LogP) is 4.15. The molecule has 176 valence electrons. The molecule has 1 N–H and O–H groups in total. The number of likely N-dealkylation sites (tertiary alicyclic amines) is 1. The Morgan fingerprint density at radius 3 is 2.32 bits per heavy atom. The molecule has 0 bridgehead atoms. The minimum absolute atomic E-state index is 0.105. The molecular formula is C25H22BrClN2O5. The van der Waals surface area contributed by atoms with Crippen LogP contribution in [0.2, 0.25) is 5.02 Å². The van der Waals surface area contributed by atoms with Gasteiger partial charge in [0.05, 0.1) is 16.9 Å². The first-order valence-electron chi connectivity index (χ1n) is 10.8. The smallest absolute Gasteiger partial charge is 0.330 e. The molecule has 34 heavy (non-hydrogen) atoms. The van der Waals surface area contributed by atoms with Crippen LogP contribution in [0, 0.1) is 11.8 Å². The standard InChI is InChI=1S/C25H22BrClN2O5/c26-19-11-10-16(13-20(19)27)28-22(30)14-34-25(33)21(12-15-6-2-1-3-7-15)29-23(31)17-8-4-5-9-18(17)24(29)32/h1-7,10-11,13,17-18,21H,8-9,12,14H2,(H,28,30)/t17-,18+,21-/m0/s1. The molecule has 0 aromatic heterocycles. The number of ether oxygens (including phenoxy) is 1. The molecule has 0 unspecified atom stereocenters. The number of rotatable bonds is 7. The van der Waals surface area contributed by atoms with Crippen molar-refractivity contribution in [2.75, 3.05) is 11.9 Å². The number of fused-ring (bicyclic) bond motifs is 1. The number of nitrogens with one attached hydrogen (secondary N) is 1. The highest BCUT2D eigenvalue weighted by Crippen LogP contribution is 2.36. The summed E-state index contributed by atoms with van der Waals surface area (Å²) < 4.78 is 5.95. The monoisotopic (exact) mass is 544 g/mol. The number of hydrogen-bond acceptors (Lipinski definition) is 5. The number of benzene rings is 2. The van der Waals surface area contributed by atoms with Crippen molar-refractivity contribution in [1.29, 1.82) is 0 Å². The van der Waals surface area contributed by atoms with Crippen molar-refractivity contribution in [3.8, 4) is 0 Å². The lowest BCUT2D eigenvalue weighted by Gasteiger charge is -2.25. The normalized spacial score (nSPS) is 20.1. The van der Waals surface area contributed by atoms with Gasteiger partial charge in [-0.05, 0) is 52.5 Å². The summed E-state index contributed by atoms with van der Waals surface area (Å²) >= 11 is 9.31. The van der Waals surface area contributed by atoms with Gasteiger partial charge in [-0.1, -0.05) is 54.1 Å². The fourth-order valence-electron chi connectivity index (χ4n) is 4.25. The van der Waals surface area contributed by atoms with Crippen molar-refractivity contribution in [1.82, 2.24) is 4.90 Å². The van der Waals surface area contributed by atoms with Crippen LogP contribution in [0.25, 0.3) is 0 Å². The number of nitrogens with zero attached hydrogens (tertiary/aromatic N) is 1. The summed E-state index contributed by atoms with van der Waals surface area (Å²) in [6, 6.07) is 12.8. The minimum Gasteiger partial charge on any atom is -0.454 e. The predicted molar refractivity (Wildman–Crippen MR) is 130 cm³/mol. The SMILES string of the molecule is O=C(COC(=O)[C@H](Cc1ccccc1)N1C(=O)[C@H]2CC=CC[C@H]2C1=O)Nc1ccc(Br)c(Cl)c1. The molecule has 4 rings (SSSR count). The van der Waals surface area contributed by atoms with Crippen LogP contribution in [0.5, 0.6) is 0 Å². The van der Waals surface area contributed by atoms with E-state index in [2.05, 4.69) is 21.2 Å². The van der Waals surface area contributed by atoms with E-state index >= 15 is 0 Å². The third-order valence-electron chi connectivity index (χ3n) is 5.95. The number of halogens is 2. The van der Waals surface area contributed by atoms with Crippen molar-refractivity contribution >= 4 is 56.9 Å². The van der Waals surface area contributed by atoms with Crippen LogP contribution in [-0.2, 0) is 30.3 Å². The maximum atomic E-state index is 13.1. The summed E-state index contributed by atoms with van der Waals surface area (Å²) in [7, 11) is 0. The summed E-state index contributed by atoms with van der Waals surface area (Å²) in [5.74, 6) is -3.04. The van der Waals surface area contributed by atoms with Crippen molar-refractivity contribution in [3.05, 3.63) is 75.7 Å². The van der Waals surface area contributed by atoms with E-state index in [-0.39, 0.29) is 18.2 Å². The molecule has 3 atom stereocenters. The van der Waals surface area contributed by atoms with Gasteiger partial charge in [0, 0.05) is 16.6 Å². The molecule has 2 aromatic carbocycles. The largest absolute Gasteiger partial charge is 0.454 e. The summed E-state index contributed by atoms with van der Waals surface area (Å²) in [6.45, 7) is -0.567. The summed E-state index contributed by atoms with van der Waals surface area (Å²) in [5, 5.41) is 3.02. The molecule has 0 radical (unpaired) electrons. The average molecular weight is 546 g/mol. The molecule has 9 heteroatoms. The van der Waals surface area contributed by atoms with Gasteiger partial charge >= 0.3 is 5.97 Å². The third-order valence-corrected chi connectivity index (χ3v) is 7.18. The van der Waals surface area contributed by atoms with Crippen molar-refractivity contribution in [2.24, 2.45) is 11.8 Å². The van der Waals surface area contributed by atoms with Crippen LogP contribution in [-0.4, -0.2) is 41.2 Å². The summed E-state index contributed by atoms with van der Waals surface area (Å²) in [5.41, 5.74) is 1.21. The Labute approximate surface area is 210 Å². The van der Waals surface area contributed by atoms with Gasteiger partial charge in [-0.2, -0.15) is 0 Å². The Kier molecular flexibility index (Phi) is 7.48. The highest BCUT2D eigenvalue weighted by Gasteiger charge is 2.51. The maximum absolute atomic E-state index is 13.1. The van der Waals surface area contributed by atoms with Gasteiger partial charge in [0.2, 0.25) is 11.8 Å². The van der Waals surface area contributed by atoms with Gasteiger partial charge in [0.25, 0.3) is 5.91 Å². The second kappa shape index (κ2) is 10.5. The summed E-state index contributed by atoms with van der Waals surface area (Å²) in [6.07, 6.45) is 4.82. The van der Waals surface area contributed by atoms with Gasteiger partial charge in [0.1, 0.15) is 6.04 Å². The summed E-state index contributed by atoms with van der Waals surface area (Å²) in [4.78, 5) is 52.7. The third kappa shape index (κ3) is 5.23. The molecule has 2 aliphatic rings. The fraction of sp³-hybridized carbons (Fsp3) is 0.280. The Bertz CT molecular complexity index is 1130. The number of amides is 3. The number of imide groups is 1. The highest BCUT2D eigenvalue weighted by atomic mass is 79.9. The topological polar surface area (TPSA) is 92.8 Å². The first-order valence-corrected chi connectivity index (χ1v) is 12.0. The zero-order valence-corrected chi connectivity index (χ0v) is 20.4. The Hall–Kier alpha value is -2.97.